The van der Waals surface area contributed by atoms with Crippen LogP contribution in [0.2, 0.25) is 0 Å². The van der Waals surface area contributed by atoms with Crippen LogP contribution in [0.5, 0.6) is 5.75 Å². The van der Waals surface area contributed by atoms with Crippen molar-refractivity contribution in [3.63, 3.8) is 0 Å². The first-order valence-electron chi connectivity index (χ1n) is 8.21. The predicted octanol–water partition coefficient (Wildman–Crippen LogP) is 0.237. The lowest BCUT2D eigenvalue weighted by Crippen LogP contribution is -2.42. The number of nitro benzene ring substituents is 1. The topological polar surface area (TPSA) is 176 Å². The number of non-ortho nitro benzene ring substituents is 1. The zero-order valence-corrected chi connectivity index (χ0v) is 15.7. The number of primary sulfonamides is 1. The molecule has 1 heterocycles. The van der Waals surface area contributed by atoms with Gasteiger partial charge in [-0.1, -0.05) is 12.1 Å². The molecule has 1 unspecified atom stereocenters. The number of carbonyl (C=O) groups is 2. The summed E-state index contributed by atoms with van der Waals surface area (Å²) in [5.41, 5.74) is 6.43. The third-order valence-electron chi connectivity index (χ3n) is 4.30. The number of hydrogen-bond donors (Lipinski definition) is 2. The third kappa shape index (κ3) is 4.39. The monoisotopic (exact) mass is 420 g/mol. The number of fused-ring (bicyclic) bond motifs is 1. The second-order valence-electron chi connectivity index (χ2n) is 6.30. The van der Waals surface area contributed by atoms with Gasteiger partial charge in [0.2, 0.25) is 10.0 Å². The molecule has 0 spiro atoms. The quantitative estimate of drug-likeness (QED) is 0.287. The zero-order chi connectivity index (χ0) is 21.3. The number of rotatable bonds is 6. The molecule has 0 aromatic heterocycles. The molecule has 1 aliphatic heterocycles. The minimum absolute atomic E-state index is 0.0191. The number of hydrogen-bond acceptors (Lipinski definition) is 9. The van der Waals surface area contributed by atoms with Crippen LogP contribution in [-0.4, -0.2) is 38.2 Å². The second kappa shape index (κ2) is 7.58. The Balaban J connectivity index is 1.80. The van der Waals surface area contributed by atoms with Crippen molar-refractivity contribution >= 4 is 33.2 Å². The van der Waals surface area contributed by atoms with Gasteiger partial charge in [-0.25, -0.2) is 18.4 Å². The Morgan fingerprint density at radius 3 is 2.48 bits per heavy atom. The summed E-state index contributed by atoms with van der Waals surface area (Å²) in [6, 6.07) is 7.89. The Hall–Kier alpha value is -3.35. The van der Waals surface area contributed by atoms with Crippen molar-refractivity contribution < 1.29 is 27.7 Å². The highest BCUT2D eigenvalue weighted by atomic mass is 32.2. The lowest BCUT2D eigenvalue weighted by molar-refractivity contribution is -0.384. The molecule has 0 amide bonds. The van der Waals surface area contributed by atoms with E-state index in [-0.39, 0.29) is 29.4 Å². The van der Waals surface area contributed by atoms with E-state index >= 15 is 0 Å². The first kappa shape index (κ1) is 20.4. The SMILES string of the molecule is NC(C(=O)CN1CC(=O)Oc2cc([N+](=O)[O-])ccc21)c1ccc(S(N)(=O)=O)cc1. The van der Waals surface area contributed by atoms with Crippen LogP contribution in [0.3, 0.4) is 0 Å². The summed E-state index contributed by atoms with van der Waals surface area (Å²) in [5.74, 6) is -1.14. The third-order valence-corrected chi connectivity index (χ3v) is 5.23. The van der Waals surface area contributed by atoms with Crippen LogP contribution in [0.25, 0.3) is 0 Å². The number of Topliss-reactive ketones (excluding diaryl/α,β-unsaturated/α-hetero) is 1. The molecule has 1 atom stereocenters. The van der Waals surface area contributed by atoms with E-state index in [1.54, 1.807) is 0 Å². The molecule has 0 bridgehead atoms. The maximum Gasteiger partial charge on any atom is 0.331 e. The number of benzene rings is 2. The second-order valence-corrected chi connectivity index (χ2v) is 7.86. The minimum Gasteiger partial charge on any atom is -0.423 e. The summed E-state index contributed by atoms with van der Waals surface area (Å²) in [6.07, 6.45) is 0. The number of sulfonamides is 1. The number of ketones is 1. The first-order valence-corrected chi connectivity index (χ1v) is 9.76. The van der Waals surface area contributed by atoms with Gasteiger partial charge in [0.1, 0.15) is 6.54 Å². The Bertz CT molecular complexity index is 1100. The highest BCUT2D eigenvalue weighted by Crippen LogP contribution is 2.35. The summed E-state index contributed by atoms with van der Waals surface area (Å²) in [7, 11) is -3.87. The van der Waals surface area contributed by atoms with Gasteiger partial charge in [-0.15, -0.1) is 0 Å². The largest absolute Gasteiger partial charge is 0.423 e. The molecule has 3 rings (SSSR count). The van der Waals surface area contributed by atoms with Crippen molar-refractivity contribution in [3.05, 3.63) is 58.1 Å². The van der Waals surface area contributed by atoms with E-state index < -0.39 is 32.7 Å². The van der Waals surface area contributed by atoms with Gasteiger partial charge >= 0.3 is 5.97 Å². The first-order chi connectivity index (χ1) is 13.6. The number of nitro groups is 1. The molecule has 0 saturated heterocycles. The van der Waals surface area contributed by atoms with E-state index in [4.69, 9.17) is 15.6 Å². The Morgan fingerprint density at radius 2 is 1.90 bits per heavy atom. The molecular formula is C17H16N4O7S. The van der Waals surface area contributed by atoms with E-state index in [1.807, 2.05) is 0 Å². The van der Waals surface area contributed by atoms with Gasteiger partial charge in [0.05, 0.1) is 34.2 Å². The summed E-state index contributed by atoms with van der Waals surface area (Å²) in [4.78, 5) is 36.0. The van der Waals surface area contributed by atoms with Crippen molar-refractivity contribution in [2.45, 2.75) is 10.9 Å². The molecule has 29 heavy (non-hydrogen) atoms. The fraction of sp³-hybridized carbons (Fsp3) is 0.176. The molecule has 11 nitrogen and oxygen atoms in total. The Labute approximate surface area is 165 Å². The fourth-order valence-corrected chi connectivity index (χ4v) is 3.35. The summed E-state index contributed by atoms with van der Waals surface area (Å²) in [6.45, 7) is -0.481. The fourth-order valence-electron chi connectivity index (χ4n) is 2.83. The van der Waals surface area contributed by atoms with Gasteiger partial charge in [0, 0.05) is 6.07 Å². The lowest BCUT2D eigenvalue weighted by atomic mass is 10.0. The van der Waals surface area contributed by atoms with Crippen LogP contribution in [0, 0.1) is 10.1 Å². The number of nitrogens with zero attached hydrogens (tertiary/aromatic N) is 2. The molecular weight excluding hydrogens is 404 g/mol. The van der Waals surface area contributed by atoms with Crippen LogP contribution >= 0.6 is 0 Å². The zero-order valence-electron chi connectivity index (χ0n) is 14.8. The van der Waals surface area contributed by atoms with Crippen molar-refractivity contribution in [1.29, 1.82) is 0 Å². The van der Waals surface area contributed by atoms with E-state index in [0.29, 0.717) is 11.3 Å². The molecule has 0 aliphatic carbocycles. The highest BCUT2D eigenvalue weighted by molar-refractivity contribution is 7.89. The van der Waals surface area contributed by atoms with Crippen LogP contribution < -0.4 is 20.5 Å². The average molecular weight is 420 g/mol. The molecule has 0 saturated carbocycles. The van der Waals surface area contributed by atoms with Crippen molar-refractivity contribution in [2.75, 3.05) is 18.0 Å². The summed E-state index contributed by atoms with van der Waals surface area (Å²) < 4.78 is 27.7. The lowest BCUT2D eigenvalue weighted by Gasteiger charge is -2.29. The highest BCUT2D eigenvalue weighted by Gasteiger charge is 2.29. The molecule has 2 aromatic carbocycles. The molecule has 1 aliphatic rings. The van der Waals surface area contributed by atoms with Crippen LogP contribution in [-0.2, 0) is 19.6 Å². The normalized spacial score (nSPS) is 14.7. The van der Waals surface area contributed by atoms with Crippen LogP contribution in [0.1, 0.15) is 11.6 Å². The van der Waals surface area contributed by atoms with Gasteiger partial charge in [0.25, 0.3) is 5.69 Å². The van der Waals surface area contributed by atoms with Crippen LogP contribution in [0.15, 0.2) is 47.4 Å². The predicted molar refractivity (Wildman–Crippen MR) is 101 cm³/mol. The number of esters is 1. The van der Waals surface area contributed by atoms with E-state index in [2.05, 4.69) is 0 Å². The minimum atomic E-state index is -3.87. The van der Waals surface area contributed by atoms with E-state index in [0.717, 1.165) is 6.07 Å². The van der Waals surface area contributed by atoms with Gasteiger partial charge in [-0.05, 0) is 23.8 Å². The van der Waals surface area contributed by atoms with Crippen LogP contribution in [0.4, 0.5) is 11.4 Å². The van der Waals surface area contributed by atoms with Crippen molar-refractivity contribution in [3.8, 4) is 5.75 Å². The molecule has 152 valence electrons. The summed E-state index contributed by atoms with van der Waals surface area (Å²) >= 11 is 0. The standard InChI is InChI=1S/C17H16N4O7S/c18-17(10-1-4-12(5-2-10)29(19,26)27)14(22)8-20-9-16(23)28-15-7-11(21(24)25)3-6-13(15)20/h1-7,17H,8-9,18H2,(H2,19,26,27). The van der Waals surface area contributed by atoms with Gasteiger partial charge in [-0.2, -0.15) is 0 Å². The van der Waals surface area contributed by atoms with Gasteiger partial charge in [-0.3, -0.25) is 14.9 Å². The van der Waals surface area contributed by atoms with Crippen molar-refractivity contribution in [2.24, 2.45) is 10.9 Å². The molecule has 0 fully saturated rings. The molecule has 0 radical (unpaired) electrons. The molecule has 12 heteroatoms. The number of anilines is 1. The maximum atomic E-state index is 12.6. The van der Waals surface area contributed by atoms with Crippen molar-refractivity contribution in [1.82, 2.24) is 0 Å². The van der Waals surface area contributed by atoms with Gasteiger partial charge < -0.3 is 15.4 Å². The molecule has 4 N–H and O–H groups in total. The Kier molecular flexibility index (Phi) is 5.33. The number of ether oxygens (including phenoxy) is 1. The number of carbonyl (C=O) groups excluding carboxylic acids is 2. The van der Waals surface area contributed by atoms with E-state index in [1.165, 1.54) is 41.3 Å². The molecule has 2 aromatic rings. The maximum absolute atomic E-state index is 12.6. The van der Waals surface area contributed by atoms with E-state index in [9.17, 15) is 28.1 Å². The smallest absolute Gasteiger partial charge is 0.331 e. The average Bonchev–Trinajstić information content (AvgIpc) is 2.66. The summed E-state index contributed by atoms with van der Waals surface area (Å²) in [5, 5.41) is 15.9. The van der Waals surface area contributed by atoms with Gasteiger partial charge in [0.15, 0.2) is 11.5 Å². The number of nitrogens with two attached hydrogens (primary N) is 2. The Morgan fingerprint density at radius 1 is 1.24 bits per heavy atom.